The van der Waals surface area contributed by atoms with Gasteiger partial charge < -0.3 is 15.4 Å². The Kier molecular flexibility index (Phi) is 4.78. The molecule has 0 unspecified atom stereocenters. The van der Waals surface area contributed by atoms with E-state index < -0.39 is 34.9 Å². The molecule has 4 N–H and O–H groups in total. The van der Waals surface area contributed by atoms with Gasteiger partial charge in [0.1, 0.15) is 5.56 Å². The van der Waals surface area contributed by atoms with Crippen molar-refractivity contribution in [2.45, 2.75) is 6.18 Å². The average molecular weight is 391 g/mol. The van der Waals surface area contributed by atoms with Crippen LogP contribution in [0, 0.1) is 0 Å². The van der Waals surface area contributed by atoms with Crippen LogP contribution in [-0.2, 0) is 6.18 Å². The molecule has 0 bridgehead atoms. The van der Waals surface area contributed by atoms with E-state index in [1.807, 2.05) is 5.32 Å². The number of para-hydroxylation sites is 1. The lowest BCUT2D eigenvalue weighted by Crippen LogP contribution is -2.23. The number of pyridine rings is 1. The molecule has 0 aliphatic rings. The number of nitrogens with one attached hydrogen (secondary N) is 3. The Morgan fingerprint density at radius 3 is 2.43 bits per heavy atom. The summed E-state index contributed by atoms with van der Waals surface area (Å²) in [6.07, 6.45) is -5.28. The van der Waals surface area contributed by atoms with Crippen molar-refractivity contribution >= 4 is 34.3 Å². The number of halogens is 3. The minimum Gasteiger partial charge on any atom is -0.465 e. The first-order valence-electron chi connectivity index (χ1n) is 7.80. The number of H-pyrrole nitrogens is 1. The van der Waals surface area contributed by atoms with Crippen molar-refractivity contribution in [3.8, 4) is 0 Å². The maximum Gasteiger partial charge on any atom is 0.418 e. The zero-order valence-electron chi connectivity index (χ0n) is 13.9. The van der Waals surface area contributed by atoms with Crippen LogP contribution in [0.5, 0.6) is 0 Å². The van der Waals surface area contributed by atoms with Gasteiger partial charge in [0, 0.05) is 22.8 Å². The molecule has 1 aromatic heterocycles. The van der Waals surface area contributed by atoms with Gasteiger partial charge in [-0.25, -0.2) is 4.79 Å². The highest BCUT2D eigenvalue weighted by atomic mass is 19.4. The molecule has 0 aliphatic heterocycles. The molecule has 0 aliphatic carbocycles. The Bertz CT molecular complexity index is 1140. The second-order valence-electron chi connectivity index (χ2n) is 5.72. The van der Waals surface area contributed by atoms with Gasteiger partial charge in [-0.05, 0) is 30.3 Å². The molecule has 0 fully saturated rings. The molecule has 7 nitrogen and oxygen atoms in total. The number of carbonyl (C=O) groups is 2. The predicted octanol–water partition coefficient (Wildman–Crippen LogP) is 3.89. The number of hydrogen-bond donors (Lipinski definition) is 4. The van der Waals surface area contributed by atoms with Gasteiger partial charge >= 0.3 is 12.3 Å². The van der Waals surface area contributed by atoms with Crippen LogP contribution < -0.4 is 16.1 Å². The summed E-state index contributed by atoms with van der Waals surface area (Å²) >= 11 is 0. The largest absolute Gasteiger partial charge is 0.465 e. The minimum atomic E-state index is -4.87. The SMILES string of the molecule is O=C(O)Nc1ccc(NC(=O)c2c[nH]c3ccccc3c2=O)c(C(F)(F)F)c1. The van der Waals surface area contributed by atoms with Crippen LogP contribution in [0.2, 0.25) is 0 Å². The molecule has 3 rings (SSSR count). The topological polar surface area (TPSA) is 111 Å². The number of hydrogen-bond acceptors (Lipinski definition) is 3. The normalized spacial score (nSPS) is 11.2. The van der Waals surface area contributed by atoms with Crippen LogP contribution in [0.3, 0.4) is 0 Å². The smallest absolute Gasteiger partial charge is 0.418 e. The summed E-state index contributed by atoms with van der Waals surface area (Å²) in [6, 6.07) is 8.89. The Balaban J connectivity index is 1.99. The number of anilines is 2. The third kappa shape index (κ3) is 3.80. The average Bonchev–Trinajstić information content (AvgIpc) is 2.62. The fraction of sp³-hybridized carbons (Fsp3) is 0.0556. The van der Waals surface area contributed by atoms with Gasteiger partial charge in [-0.15, -0.1) is 0 Å². The first-order chi connectivity index (χ1) is 13.2. The van der Waals surface area contributed by atoms with Crippen molar-refractivity contribution in [3.63, 3.8) is 0 Å². The molecule has 3 aromatic rings. The third-order valence-electron chi connectivity index (χ3n) is 3.86. The van der Waals surface area contributed by atoms with E-state index in [2.05, 4.69) is 10.3 Å². The van der Waals surface area contributed by atoms with Crippen molar-refractivity contribution in [2.75, 3.05) is 10.6 Å². The summed E-state index contributed by atoms with van der Waals surface area (Å²) < 4.78 is 39.9. The lowest BCUT2D eigenvalue weighted by atomic mass is 10.1. The van der Waals surface area contributed by atoms with Gasteiger partial charge in [0.15, 0.2) is 0 Å². The van der Waals surface area contributed by atoms with Crippen molar-refractivity contribution in [1.82, 2.24) is 4.98 Å². The third-order valence-corrected chi connectivity index (χ3v) is 3.86. The molecule has 2 amide bonds. The number of rotatable bonds is 3. The Labute approximate surface area is 154 Å². The molecular weight excluding hydrogens is 379 g/mol. The van der Waals surface area contributed by atoms with Crippen molar-refractivity contribution in [2.24, 2.45) is 0 Å². The number of benzene rings is 2. The van der Waals surface area contributed by atoms with E-state index in [4.69, 9.17) is 5.11 Å². The molecule has 0 atom stereocenters. The standard InChI is InChI=1S/C18H12F3N3O4/c19-18(20,21)12-7-9(23-17(27)28)5-6-14(12)24-16(26)11-8-22-13-4-2-1-3-10(13)15(11)25/h1-8,23H,(H,22,25)(H,24,26)(H,27,28). The molecule has 28 heavy (non-hydrogen) atoms. The zero-order valence-corrected chi connectivity index (χ0v) is 13.9. The van der Waals surface area contributed by atoms with Crippen LogP contribution in [0.25, 0.3) is 10.9 Å². The maximum atomic E-state index is 13.3. The molecule has 2 aromatic carbocycles. The van der Waals surface area contributed by atoms with Crippen LogP contribution in [0.15, 0.2) is 53.5 Å². The second kappa shape index (κ2) is 7.06. The Morgan fingerprint density at radius 2 is 1.75 bits per heavy atom. The van der Waals surface area contributed by atoms with E-state index in [1.165, 1.54) is 6.07 Å². The lowest BCUT2D eigenvalue weighted by molar-refractivity contribution is -0.136. The van der Waals surface area contributed by atoms with E-state index in [1.54, 1.807) is 18.2 Å². The van der Waals surface area contributed by atoms with E-state index in [-0.39, 0.29) is 16.6 Å². The molecule has 1 heterocycles. The molecule has 10 heteroatoms. The number of carbonyl (C=O) groups excluding carboxylic acids is 1. The number of amides is 2. The van der Waals surface area contributed by atoms with Crippen LogP contribution in [0.1, 0.15) is 15.9 Å². The Morgan fingerprint density at radius 1 is 1.04 bits per heavy atom. The van der Waals surface area contributed by atoms with Gasteiger partial charge in [-0.1, -0.05) is 12.1 Å². The van der Waals surface area contributed by atoms with Crippen molar-refractivity contribution < 1.29 is 27.9 Å². The number of aromatic amines is 1. The highest BCUT2D eigenvalue weighted by molar-refractivity contribution is 6.06. The highest BCUT2D eigenvalue weighted by Crippen LogP contribution is 2.36. The van der Waals surface area contributed by atoms with Gasteiger partial charge in [-0.3, -0.25) is 14.9 Å². The van der Waals surface area contributed by atoms with Gasteiger partial charge in [-0.2, -0.15) is 13.2 Å². The first-order valence-corrected chi connectivity index (χ1v) is 7.80. The molecule has 144 valence electrons. The summed E-state index contributed by atoms with van der Waals surface area (Å²) in [5.41, 5.74) is -2.71. The van der Waals surface area contributed by atoms with Gasteiger partial charge in [0.2, 0.25) is 5.43 Å². The zero-order chi connectivity index (χ0) is 20.5. The van der Waals surface area contributed by atoms with Crippen molar-refractivity contribution in [3.05, 3.63) is 70.0 Å². The molecule has 0 radical (unpaired) electrons. The highest BCUT2D eigenvalue weighted by Gasteiger charge is 2.34. The summed E-state index contributed by atoms with van der Waals surface area (Å²) in [5.74, 6) is -1.03. The van der Waals surface area contributed by atoms with Crippen molar-refractivity contribution in [1.29, 1.82) is 0 Å². The Hall–Kier alpha value is -3.82. The molecular formula is C18H12F3N3O4. The number of fused-ring (bicyclic) bond motifs is 1. The second-order valence-corrected chi connectivity index (χ2v) is 5.72. The van der Waals surface area contributed by atoms with Crippen LogP contribution in [0.4, 0.5) is 29.3 Å². The minimum absolute atomic E-state index is 0.215. The molecule has 0 spiro atoms. The van der Waals surface area contributed by atoms with E-state index in [0.717, 1.165) is 18.3 Å². The first kappa shape index (κ1) is 19.0. The summed E-state index contributed by atoms with van der Waals surface area (Å²) in [4.78, 5) is 38.2. The molecule has 0 saturated carbocycles. The number of carboxylic acid groups (broad SMARTS) is 1. The summed E-state index contributed by atoms with van der Waals surface area (Å²) in [7, 11) is 0. The maximum absolute atomic E-state index is 13.3. The fourth-order valence-corrected chi connectivity index (χ4v) is 2.61. The van der Waals surface area contributed by atoms with Gasteiger partial charge in [0.05, 0.1) is 11.3 Å². The van der Waals surface area contributed by atoms with E-state index >= 15 is 0 Å². The van der Waals surface area contributed by atoms with E-state index in [0.29, 0.717) is 11.6 Å². The van der Waals surface area contributed by atoms with Gasteiger partial charge in [0.25, 0.3) is 5.91 Å². The lowest BCUT2D eigenvalue weighted by Gasteiger charge is -2.15. The monoisotopic (exact) mass is 391 g/mol. The van der Waals surface area contributed by atoms with Crippen LogP contribution in [-0.4, -0.2) is 22.1 Å². The quantitative estimate of drug-likeness (QED) is 0.543. The molecule has 0 saturated heterocycles. The fourth-order valence-electron chi connectivity index (χ4n) is 2.61. The number of aromatic nitrogens is 1. The summed E-state index contributed by atoms with van der Waals surface area (Å²) in [5, 5.41) is 12.7. The summed E-state index contributed by atoms with van der Waals surface area (Å²) in [6.45, 7) is 0. The number of alkyl halides is 3. The van der Waals surface area contributed by atoms with Crippen LogP contribution >= 0.6 is 0 Å². The van der Waals surface area contributed by atoms with E-state index in [9.17, 15) is 27.6 Å². The predicted molar refractivity (Wildman–Crippen MR) is 95.6 cm³/mol.